The first-order valence-corrected chi connectivity index (χ1v) is 9.15. The van der Waals surface area contributed by atoms with Crippen molar-refractivity contribution in [2.75, 3.05) is 7.11 Å². The van der Waals surface area contributed by atoms with Gasteiger partial charge >= 0.3 is 5.97 Å². The summed E-state index contributed by atoms with van der Waals surface area (Å²) in [5, 5.41) is 30.4. The second-order valence-electron chi connectivity index (χ2n) is 6.71. The van der Waals surface area contributed by atoms with Crippen molar-refractivity contribution < 1.29 is 34.4 Å². The highest BCUT2D eigenvalue weighted by Crippen LogP contribution is 2.31. The summed E-state index contributed by atoms with van der Waals surface area (Å²) in [5.41, 5.74) is 0.314. The van der Waals surface area contributed by atoms with Crippen LogP contribution in [0.15, 0.2) is 30.4 Å². The Balaban J connectivity index is 2.52. The first-order valence-electron chi connectivity index (χ1n) is 9.15. The maximum Gasteiger partial charge on any atom is 0.342 e. The van der Waals surface area contributed by atoms with Gasteiger partial charge in [0.15, 0.2) is 5.78 Å². The van der Waals surface area contributed by atoms with Crippen LogP contribution >= 0.6 is 0 Å². The monoisotopic (exact) mass is 390 g/mol. The number of ketones is 1. The number of carbonyl (C=O) groups is 2. The van der Waals surface area contributed by atoms with Crippen LogP contribution in [0.25, 0.3) is 6.08 Å². The second-order valence-corrected chi connectivity index (χ2v) is 6.71. The van der Waals surface area contributed by atoms with E-state index in [4.69, 9.17) is 9.47 Å². The fourth-order valence-electron chi connectivity index (χ4n) is 3.00. The van der Waals surface area contributed by atoms with Crippen molar-refractivity contribution in [2.24, 2.45) is 5.92 Å². The minimum absolute atomic E-state index is 0.0223. The topological polar surface area (TPSA) is 113 Å². The maximum atomic E-state index is 12.7. The number of benzene rings is 1. The number of phenols is 1. The van der Waals surface area contributed by atoms with Crippen molar-refractivity contribution in [3.8, 4) is 11.5 Å². The number of aliphatic hydroxyl groups excluding tert-OH is 2. The fourth-order valence-corrected chi connectivity index (χ4v) is 3.00. The van der Waals surface area contributed by atoms with Crippen molar-refractivity contribution in [3.63, 3.8) is 0 Å². The number of ether oxygens (including phenoxy) is 2. The van der Waals surface area contributed by atoms with Crippen molar-refractivity contribution in [1.82, 2.24) is 0 Å². The Kier molecular flexibility index (Phi) is 7.37. The van der Waals surface area contributed by atoms with Crippen LogP contribution in [0.5, 0.6) is 11.5 Å². The van der Waals surface area contributed by atoms with Crippen LogP contribution in [-0.4, -0.2) is 52.5 Å². The summed E-state index contributed by atoms with van der Waals surface area (Å²) < 4.78 is 10.6. The number of esters is 1. The molecule has 1 aromatic carbocycles. The number of aliphatic hydroxyl groups is 2. The molecule has 0 aliphatic carbocycles. The quantitative estimate of drug-likeness (QED) is 0.664. The minimum Gasteiger partial charge on any atom is -0.507 e. The first-order chi connectivity index (χ1) is 13.3. The van der Waals surface area contributed by atoms with Gasteiger partial charge in [-0.25, -0.2) is 4.79 Å². The number of fused-ring (bicyclic) bond motifs is 1. The molecule has 7 nitrogen and oxygen atoms in total. The number of hydrogen-bond donors (Lipinski definition) is 3. The van der Waals surface area contributed by atoms with E-state index in [1.165, 1.54) is 31.4 Å². The molecule has 7 heteroatoms. The summed E-state index contributed by atoms with van der Waals surface area (Å²) in [6.07, 6.45) is 2.89. The fraction of sp³-hybridized carbons (Fsp3) is 0.429. The molecule has 28 heavy (non-hydrogen) atoms. The van der Waals surface area contributed by atoms with Gasteiger partial charge in [-0.1, -0.05) is 25.2 Å². The van der Waals surface area contributed by atoms with Crippen molar-refractivity contribution in [3.05, 3.63) is 41.5 Å². The minimum atomic E-state index is -1.56. The lowest BCUT2D eigenvalue weighted by atomic mass is 9.97. The molecular weight excluding hydrogens is 364 g/mol. The smallest absolute Gasteiger partial charge is 0.342 e. The summed E-state index contributed by atoms with van der Waals surface area (Å²) in [6, 6.07) is 2.87. The van der Waals surface area contributed by atoms with Crippen molar-refractivity contribution >= 4 is 17.8 Å². The summed E-state index contributed by atoms with van der Waals surface area (Å²) in [6.45, 7) is 3.56. The number of carbonyl (C=O) groups excluding carboxylic acids is 2. The molecule has 4 atom stereocenters. The van der Waals surface area contributed by atoms with E-state index >= 15 is 0 Å². The molecule has 1 aliphatic rings. The van der Waals surface area contributed by atoms with E-state index in [2.05, 4.69) is 0 Å². The van der Waals surface area contributed by atoms with E-state index in [1.54, 1.807) is 19.1 Å². The molecule has 0 saturated carbocycles. The van der Waals surface area contributed by atoms with Gasteiger partial charge in [-0.15, -0.1) is 0 Å². The Morgan fingerprint density at radius 2 is 1.93 bits per heavy atom. The third kappa shape index (κ3) is 4.99. The van der Waals surface area contributed by atoms with Gasteiger partial charge in [0, 0.05) is 12.0 Å². The van der Waals surface area contributed by atoms with Gasteiger partial charge < -0.3 is 24.8 Å². The van der Waals surface area contributed by atoms with E-state index in [9.17, 15) is 24.9 Å². The average molecular weight is 390 g/mol. The second kappa shape index (κ2) is 9.52. The van der Waals surface area contributed by atoms with Gasteiger partial charge in [0.25, 0.3) is 0 Å². The highest BCUT2D eigenvalue weighted by Gasteiger charge is 2.26. The third-order valence-corrected chi connectivity index (χ3v) is 4.77. The van der Waals surface area contributed by atoms with Gasteiger partial charge in [-0.3, -0.25) is 4.79 Å². The lowest BCUT2D eigenvalue weighted by Crippen LogP contribution is -2.32. The molecule has 1 heterocycles. The van der Waals surface area contributed by atoms with Crippen LogP contribution in [-0.2, 0) is 9.53 Å². The molecular formula is C21H26O7. The van der Waals surface area contributed by atoms with Crippen LogP contribution in [0.1, 0.15) is 42.6 Å². The van der Waals surface area contributed by atoms with Crippen molar-refractivity contribution in [1.29, 1.82) is 0 Å². The lowest BCUT2D eigenvalue weighted by molar-refractivity contribution is -0.127. The predicted molar refractivity (Wildman–Crippen MR) is 103 cm³/mol. The molecule has 2 rings (SSSR count). The summed E-state index contributed by atoms with van der Waals surface area (Å²) in [4.78, 5) is 24.8. The molecule has 0 amide bonds. The Bertz CT molecular complexity index is 781. The Morgan fingerprint density at radius 3 is 2.57 bits per heavy atom. The molecule has 0 aromatic heterocycles. The predicted octanol–water partition coefficient (Wildman–Crippen LogP) is 2.24. The normalized spacial score (nSPS) is 28.6. The van der Waals surface area contributed by atoms with Crippen LogP contribution in [0.3, 0.4) is 0 Å². The number of aromatic hydroxyl groups is 1. The largest absolute Gasteiger partial charge is 0.507 e. The number of cyclic esters (lactones) is 1. The van der Waals surface area contributed by atoms with Gasteiger partial charge in [0.05, 0.1) is 13.2 Å². The zero-order valence-corrected chi connectivity index (χ0v) is 16.2. The van der Waals surface area contributed by atoms with Crippen LogP contribution < -0.4 is 4.74 Å². The Labute approximate surface area is 163 Å². The van der Waals surface area contributed by atoms with E-state index in [-0.39, 0.29) is 23.7 Å². The van der Waals surface area contributed by atoms with Gasteiger partial charge in [0.2, 0.25) is 0 Å². The summed E-state index contributed by atoms with van der Waals surface area (Å²) >= 11 is 0. The van der Waals surface area contributed by atoms with E-state index < -0.39 is 30.1 Å². The SMILES string of the molecule is CC[C@@H]1/C=C\C(=O)[C@@H](O)[C@@H](O)C/C=C/c2cc(OC)cc(O)c2C(=O)O[C@H]1C. The molecule has 0 radical (unpaired) electrons. The van der Waals surface area contributed by atoms with Gasteiger partial charge in [0.1, 0.15) is 29.3 Å². The standard InChI is InChI=1S/C21H26O7/c1-4-13-8-9-17(23)20(25)16(22)7-5-6-14-10-15(27-3)11-18(24)19(14)21(26)28-12(13)2/h5-6,8-13,16,20,22,24-25H,4,7H2,1-3H3/b6-5+,9-8-/t12-,13+,16-,20-/m0/s1. The Hall–Kier alpha value is -2.64. The summed E-state index contributed by atoms with van der Waals surface area (Å²) in [5.74, 6) is -1.55. The first kappa shape index (κ1) is 21.7. The maximum absolute atomic E-state index is 12.7. The molecule has 0 spiro atoms. The van der Waals surface area contributed by atoms with Crippen LogP contribution in [0.4, 0.5) is 0 Å². The zero-order chi connectivity index (χ0) is 20.8. The third-order valence-electron chi connectivity index (χ3n) is 4.77. The molecule has 0 saturated heterocycles. The van der Waals surface area contributed by atoms with Gasteiger partial charge in [-0.2, -0.15) is 0 Å². The average Bonchev–Trinajstić information content (AvgIpc) is 2.66. The molecule has 0 fully saturated rings. The molecule has 1 aliphatic heterocycles. The van der Waals surface area contributed by atoms with E-state index in [0.29, 0.717) is 17.7 Å². The van der Waals surface area contributed by atoms with Crippen LogP contribution in [0.2, 0.25) is 0 Å². The molecule has 0 unspecified atom stereocenters. The molecule has 3 N–H and O–H groups in total. The number of rotatable bonds is 2. The van der Waals surface area contributed by atoms with Crippen molar-refractivity contribution in [2.45, 2.75) is 45.0 Å². The number of phenolic OH excluding ortho intramolecular Hbond substituents is 1. The number of hydrogen-bond acceptors (Lipinski definition) is 7. The van der Waals surface area contributed by atoms with Gasteiger partial charge in [-0.05, 0) is 37.5 Å². The lowest BCUT2D eigenvalue weighted by Gasteiger charge is -2.22. The van der Waals surface area contributed by atoms with E-state index in [0.717, 1.165) is 0 Å². The highest BCUT2D eigenvalue weighted by molar-refractivity contribution is 5.97. The molecule has 1 aromatic rings. The van der Waals surface area contributed by atoms with Crippen LogP contribution in [0, 0.1) is 5.92 Å². The summed E-state index contributed by atoms with van der Waals surface area (Å²) in [7, 11) is 1.43. The highest BCUT2D eigenvalue weighted by atomic mass is 16.5. The Morgan fingerprint density at radius 1 is 1.21 bits per heavy atom. The number of methoxy groups -OCH3 is 1. The molecule has 152 valence electrons. The molecule has 0 bridgehead atoms. The zero-order valence-electron chi connectivity index (χ0n) is 16.2. The van der Waals surface area contributed by atoms with E-state index in [1.807, 2.05) is 6.92 Å².